The highest BCUT2D eigenvalue weighted by Crippen LogP contribution is 2.33. The number of alkyl halides is 1. The van der Waals surface area contributed by atoms with Crippen LogP contribution in [0.3, 0.4) is 0 Å². The van der Waals surface area contributed by atoms with Crippen molar-refractivity contribution in [3.8, 4) is 0 Å². The number of hydrogen-bond acceptors (Lipinski definition) is 4. The summed E-state index contributed by atoms with van der Waals surface area (Å²) >= 11 is 0. The standard InChI is InChI=1S/C12H11FN4O2/c13-7-5-6(7)10(18)16-11(14)17-12-15-8-3-1-2-4-9(8)19-12/h1-4,6-7H,5H2,(H3,14,15,16,17,18)/t6-,7+/m1/s1. The van der Waals surface area contributed by atoms with Crippen LogP contribution >= 0.6 is 0 Å². The number of halogens is 1. The third kappa shape index (κ3) is 2.40. The van der Waals surface area contributed by atoms with E-state index in [4.69, 9.17) is 10.2 Å². The number of rotatable bonds is 2. The Labute approximate surface area is 107 Å². The van der Waals surface area contributed by atoms with E-state index in [0.717, 1.165) is 0 Å². The van der Waals surface area contributed by atoms with Crippen molar-refractivity contribution in [2.45, 2.75) is 12.6 Å². The number of carbonyl (C=O) groups is 1. The average Bonchev–Trinajstić information content (AvgIpc) is 2.96. The monoisotopic (exact) mass is 262 g/mol. The molecule has 0 aliphatic heterocycles. The summed E-state index contributed by atoms with van der Waals surface area (Å²) in [4.78, 5) is 19.3. The summed E-state index contributed by atoms with van der Waals surface area (Å²) in [6.45, 7) is 0. The molecule has 1 saturated carbocycles. The molecule has 1 fully saturated rings. The second kappa shape index (κ2) is 4.34. The van der Waals surface area contributed by atoms with E-state index >= 15 is 0 Å². The van der Waals surface area contributed by atoms with Crippen LogP contribution in [0.1, 0.15) is 6.42 Å². The molecule has 1 aromatic heterocycles. The van der Waals surface area contributed by atoms with Gasteiger partial charge in [0, 0.05) is 0 Å². The van der Waals surface area contributed by atoms with Gasteiger partial charge in [0.05, 0.1) is 5.92 Å². The van der Waals surface area contributed by atoms with E-state index in [1.165, 1.54) is 0 Å². The number of nitrogens with one attached hydrogen (secondary N) is 1. The van der Waals surface area contributed by atoms with E-state index in [-0.39, 0.29) is 18.4 Å². The third-order valence-electron chi connectivity index (χ3n) is 2.80. The number of fused-ring (bicyclic) bond motifs is 1. The number of aromatic nitrogens is 1. The molecule has 1 heterocycles. The van der Waals surface area contributed by atoms with Crippen LogP contribution < -0.4 is 11.1 Å². The summed E-state index contributed by atoms with van der Waals surface area (Å²) in [5, 5.41) is 2.31. The molecule has 3 rings (SSSR count). The molecule has 1 aliphatic carbocycles. The number of oxazole rings is 1. The Morgan fingerprint density at radius 2 is 2.26 bits per heavy atom. The Balaban J connectivity index is 1.74. The van der Waals surface area contributed by atoms with E-state index in [9.17, 15) is 9.18 Å². The molecule has 1 aliphatic rings. The summed E-state index contributed by atoms with van der Waals surface area (Å²) in [7, 11) is 0. The first-order valence-electron chi connectivity index (χ1n) is 5.78. The molecule has 19 heavy (non-hydrogen) atoms. The van der Waals surface area contributed by atoms with Crippen molar-refractivity contribution >= 4 is 29.0 Å². The quantitative estimate of drug-likeness (QED) is 0.629. The molecule has 1 aromatic carbocycles. The topological polar surface area (TPSA) is 93.5 Å². The lowest BCUT2D eigenvalue weighted by Crippen LogP contribution is -2.37. The highest BCUT2D eigenvalue weighted by molar-refractivity contribution is 5.99. The lowest BCUT2D eigenvalue weighted by molar-refractivity contribution is -0.121. The Kier molecular flexibility index (Phi) is 2.66. The molecule has 0 saturated heterocycles. The predicted octanol–water partition coefficient (Wildman–Crippen LogP) is 1.25. The number of hydrogen-bond donors (Lipinski definition) is 2. The summed E-state index contributed by atoms with van der Waals surface area (Å²) in [6, 6.07) is 7.18. The van der Waals surface area contributed by atoms with E-state index in [1.54, 1.807) is 18.2 Å². The average molecular weight is 262 g/mol. The van der Waals surface area contributed by atoms with Crippen LogP contribution in [-0.4, -0.2) is 23.0 Å². The van der Waals surface area contributed by atoms with E-state index in [0.29, 0.717) is 11.1 Å². The van der Waals surface area contributed by atoms with Crippen molar-refractivity contribution in [3.05, 3.63) is 24.3 Å². The molecule has 0 bridgehead atoms. The van der Waals surface area contributed by atoms with Gasteiger partial charge in [-0.2, -0.15) is 9.98 Å². The van der Waals surface area contributed by atoms with Gasteiger partial charge >= 0.3 is 6.01 Å². The van der Waals surface area contributed by atoms with Crippen molar-refractivity contribution < 1.29 is 13.6 Å². The van der Waals surface area contributed by atoms with Crippen LogP contribution in [0, 0.1) is 5.92 Å². The zero-order valence-electron chi connectivity index (χ0n) is 9.84. The number of carbonyl (C=O) groups excluding carboxylic acids is 1. The van der Waals surface area contributed by atoms with E-state index in [2.05, 4.69) is 15.3 Å². The minimum Gasteiger partial charge on any atom is -0.422 e. The minimum atomic E-state index is -1.07. The number of guanidine groups is 1. The molecule has 6 nitrogen and oxygen atoms in total. The lowest BCUT2D eigenvalue weighted by atomic mass is 10.3. The van der Waals surface area contributed by atoms with Gasteiger partial charge < -0.3 is 10.2 Å². The van der Waals surface area contributed by atoms with Gasteiger partial charge in [-0.25, -0.2) is 4.39 Å². The van der Waals surface area contributed by atoms with Gasteiger partial charge in [0.1, 0.15) is 11.7 Å². The van der Waals surface area contributed by atoms with Crippen molar-refractivity contribution in [2.24, 2.45) is 16.6 Å². The predicted molar refractivity (Wildman–Crippen MR) is 66.4 cm³/mol. The van der Waals surface area contributed by atoms with Crippen molar-refractivity contribution in [1.29, 1.82) is 0 Å². The number of aliphatic imine (C=N–C) groups is 1. The van der Waals surface area contributed by atoms with Gasteiger partial charge in [0.15, 0.2) is 5.58 Å². The highest BCUT2D eigenvalue weighted by atomic mass is 19.1. The van der Waals surface area contributed by atoms with Crippen LogP contribution in [-0.2, 0) is 4.79 Å². The number of nitrogens with zero attached hydrogens (tertiary/aromatic N) is 2. The molecule has 1 amide bonds. The van der Waals surface area contributed by atoms with Crippen LogP contribution in [0.5, 0.6) is 0 Å². The number of nitrogens with two attached hydrogens (primary N) is 1. The molecule has 0 radical (unpaired) electrons. The van der Waals surface area contributed by atoms with Gasteiger partial charge in [-0.05, 0) is 18.6 Å². The molecule has 98 valence electrons. The molecule has 2 atom stereocenters. The maximum absolute atomic E-state index is 12.7. The molecule has 0 unspecified atom stereocenters. The second-order valence-electron chi connectivity index (χ2n) is 4.31. The summed E-state index contributed by atoms with van der Waals surface area (Å²) < 4.78 is 18.0. The number of para-hydroxylation sites is 2. The highest BCUT2D eigenvalue weighted by Gasteiger charge is 2.43. The number of benzene rings is 1. The van der Waals surface area contributed by atoms with Crippen LogP contribution in [0.4, 0.5) is 10.4 Å². The Hall–Kier alpha value is -2.44. The molecule has 2 aromatic rings. The fourth-order valence-corrected chi connectivity index (χ4v) is 1.69. The Bertz CT molecular complexity index is 634. The molecule has 3 N–H and O–H groups in total. The zero-order chi connectivity index (χ0) is 13.4. The van der Waals surface area contributed by atoms with Crippen LogP contribution in [0.25, 0.3) is 11.1 Å². The van der Waals surface area contributed by atoms with Crippen molar-refractivity contribution in [2.75, 3.05) is 0 Å². The van der Waals surface area contributed by atoms with Gasteiger partial charge in [-0.1, -0.05) is 12.1 Å². The van der Waals surface area contributed by atoms with Crippen LogP contribution in [0.15, 0.2) is 33.7 Å². The molecular formula is C12H11FN4O2. The maximum Gasteiger partial charge on any atom is 0.325 e. The minimum absolute atomic E-state index is 0.0478. The summed E-state index contributed by atoms with van der Waals surface area (Å²) in [5.41, 5.74) is 6.76. The first-order chi connectivity index (χ1) is 9.13. The molecule has 0 spiro atoms. The normalized spacial score (nSPS) is 22.5. The van der Waals surface area contributed by atoms with Gasteiger partial charge in [-0.3, -0.25) is 10.1 Å². The summed E-state index contributed by atoms with van der Waals surface area (Å²) in [6.07, 6.45) is -0.834. The third-order valence-corrected chi connectivity index (χ3v) is 2.80. The van der Waals surface area contributed by atoms with Gasteiger partial charge in [0.2, 0.25) is 11.9 Å². The van der Waals surface area contributed by atoms with E-state index < -0.39 is 18.0 Å². The largest absolute Gasteiger partial charge is 0.422 e. The Morgan fingerprint density at radius 1 is 1.53 bits per heavy atom. The van der Waals surface area contributed by atoms with Crippen LogP contribution in [0.2, 0.25) is 0 Å². The SMILES string of the molecule is NC(=Nc1nc2ccccc2o1)NC(=O)[C@@H]1C[C@@H]1F. The van der Waals surface area contributed by atoms with Gasteiger partial charge in [-0.15, -0.1) is 0 Å². The van der Waals surface area contributed by atoms with E-state index in [1.807, 2.05) is 6.07 Å². The first-order valence-corrected chi connectivity index (χ1v) is 5.78. The lowest BCUT2D eigenvalue weighted by Gasteiger charge is -2.00. The molecular weight excluding hydrogens is 251 g/mol. The smallest absolute Gasteiger partial charge is 0.325 e. The fourth-order valence-electron chi connectivity index (χ4n) is 1.69. The number of amides is 1. The maximum atomic E-state index is 12.7. The fraction of sp³-hybridized carbons (Fsp3) is 0.250. The first kappa shape index (κ1) is 11.6. The van der Waals surface area contributed by atoms with Gasteiger partial charge in [0.25, 0.3) is 0 Å². The zero-order valence-corrected chi connectivity index (χ0v) is 9.84. The Morgan fingerprint density at radius 3 is 2.95 bits per heavy atom. The summed E-state index contributed by atoms with van der Waals surface area (Å²) in [5.74, 6) is -1.24. The van der Waals surface area contributed by atoms with Crippen molar-refractivity contribution in [3.63, 3.8) is 0 Å². The molecule has 7 heteroatoms. The second-order valence-corrected chi connectivity index (χ2v) is 4.31. The van der Waals surface area contributed by atoms with Crippen molar-refractivity contribution in [1.82, 2.24) is 10.3 Å².